The molecule has 29 heavy (non-hydrogen) atoms. The van der Waals surface area contributed by atoms with Crippen molar-refractivity contribution in [1.82, 2.24) is 29.7 Å². The summed E-state index contributed by atoms with van der Waals surface area (Å²) < 4.78 is 12.0. The molecule has 2 atom stereocenters. The Labute approximate surface area is 168 Å². The molecule has 0 bridgehead atoms. The molecular weight excluding hydrogens is 378 g/mol. The topological polar surface area (TPSA) is 137 Å². The number of hydrogen-bond acceptors (Lipinski definition) is 9. The molecule has 0 aliphatic carbocycles. The molecule has 0 unspecified atom stereocenters. The lowest BCUT2D eigenvalue weighted by Gasteiger charge is -2.24. The Bertz CT molecular complexity index is 892. The van der Waals surface area contributed by atoms with Crippen LogP contribution >= 0.6 is 0 Å². The number of methoxy groups -OCH3 is 1. The molecule has 3 rings (SSSR count). The van der Waals surface area contributed by atoms with E-state index in [1.54, 1.807) is 27.1 Å². The van der Waals surface area contributed by atoms with Gasteiger partial charge in [0.1, 0.15) is 17.4 Å². The van der Waals surface area contributed by atoms with Gasteiger partial charge in [-0.25, -0.2) is 19.7 Å². The Morgan fingerprint density at radius 1 is 1.31 bits per heavy atom. The Morgan fingerprint density at radius 3 is 2.76 bits per heavy atom. The fourth-order valence-electron chi connectivity index (χ4n) is 3.45. The molecule has 1 amide bonds. The van der Waals surface area contributed by atoms with Gasteiger partial charge in [-0.2, -0.15) is 0 Å². The number of nitrogen functional groups attached to an aromatic ring is 1. The average Bonchev–Trinajstić information content (AvgIpc) is 3.23. The Kier molecular flexibility index (Phi) is 5.87. The number of aromatic nitrogens is 4. The van der Waals surface area contributed by atoms with Crippen LogP contribution in [0.15, 0.2) is 12.7 Å². The van der Waals surface area contributed by atoms with E-state index in [1.807, 2.05) is 9.47 Å². The highest BCUT2D eigenvalue weighted by atomic mass is 16.6. The van der Waals surface area contributed by atoms with Gasteiger partial charge in [0.15, 0.2) is 11.5 Å². The molecule has 1 aliphatic rings. The molecule has 0 spiro atoms. The molecule has 11 nitrogen and oxygen atoms in total. The predicted molar refractivity (Wildman–Crippen MR) is 105 cm³/mol. The zero-order valence-corrected chi connectivity index (χ0v) is 17.1. The summed E-state index contributed by atoms with van der Waals surface area (Å²) in [5, 5.41) is 2.79. The number of fused-ring (bicyclic) bond motifs is 1. The van der Waals surface area contributed by atoms with Crippen molar-refractivity contribution in [2.45, 2.75) is 44.9 Å². The molecule has 2 aromatic heterocycles. The lowest BCUT2D eigenvalue weighted by atomic mass is 10.1. The van der Waals surface area contributed by atoms with Crippen LogP contribution in [0.5, 0.6) is 0 Å². The minimum Gasteiger partial charge on any atom is -0.468 e. The normalized spacial score (nSPS) is 20.0. The molecular formula is C18H27N7O4. The number of imidazole rings is 1. The van der Waals surface area contributed by atoms with Crippen molar-refractivity contribution < 1.29 is 19.1 Å². The van der Waals surface area contributed by atoms with Crippen molar-refractivity contribution >= 4 is 29.0 Å². The maximum Gasteiger partial charge on any atom is 0.407 e. The first-order valence-electron chi connectivity index (χ1n) is 9.38. The number of nitrogens with zero attached hydrogens (tertiary/aromatic N) is 5. The monoisotopic (exact) mass is 405 g/mol. The Balaban J connectivity index is 1.75. The van der Waals surface area contributed by atoms with E-state index in [0.717, 1.165) is 0 Å². The molecule has 11 heteroatoms. The number of ether oxygens (including phenoxy) is 2. The van der Waals surface area contributed by atoms with Crippen LogP contribution < -0.4 is 11.1 Å². The zero-order valence-electron chi connectivity index (χ0n) is 17.1. The third kappa shape index (κ3) is 4.91. The van der Waals surface area contributed by atoms with Crippen LogP contribution in [0.4, 0.5) is 10.6 Å². The molecule has 1 fully saturated rings. The molecule has 2 aromatic rings. The number of hydrogen-bond donors (Lipinski definition) is 2. The lowest BCUT2D eigenvalue weighted by molar-refractivity contribution is -0.142. The first-order chi connectivity index (χ1) is 13.7. The second-order valence-electron chi connectivity index (χ2n) is 8.01. The fraction of sp³-hybridized carbons (Fsp3) is 0.611. The van der Waals surface area contributed by atoms with Crippen molar-refractivity contribution in [2.75, 3.05) is 32.5 Å². The largest absolute Gasteiger partial charge is 0.468 e. The second-order valence-corrected chi connectivity index (χ2v) is 8.01. The van der Waals surface area contributed by atoms with Crippen molar-refractivity contribution in [3.63, 3.8) is 0 Å². The van der Waals surface area contributed by atoms with Gasteiger partial charge in [-0.1, -0.05) is 0 Å². The second kappa shape index (κ2) is 8.19. The molecule has 0 aromatic carbocycles. The number of amides is 1. The highest BCUT2D eigenvalue weighted by molar-refractivity contribution is 5.81. The van der Waals surface area contributed by atoms with Gasteiger partial charge in [0, 0.05) is 19.1 Å². The summed E-state index contributed by atoms with van der Waals surface area (Å²) in [6.45, 7) is 6.45. The van der Waals surface area contributed by atoms with Crippen LogP contribution in [0.25, 0.3) is 11.2 Å². The number of esters is 1. The highest BCUT2D eigenvalue weighted by Gasteiger charge is 2.35. The van der Waals surface area contributed by atoms with Crippen molar-refractivity contribution in [3.8, 4) is 0 Å². The van der Waals surface area contributed by atoms with Gasteiger partial charge in [0.25, 0.3) is 0 Å². The zero-order chi connectivity index (χ0) is 21.2. The molecule has 0 radical (unpaired) electrons. The molecule has 158 valence electrons. The van der Waals surface area contributed by atoms with Crippen LogP contribution in [0.1, 0.15) is 33.2 Å². The molecule has 3 N–H and O–H groups in total. The SMILES string of the molecule is COC(=O)CN1C[C@H](n2cnc3c(N)ncnc32)C[C@@H]1CNC(=O)OC(C)(C)C. The summed E-state index contributed by atoms with van der Waals surface area (Å²) in [6, 6.07) is -0.0763. The van der Waals surface area contributed by atoms with Crippen LogP contribution in [0, 0.1) is 0 Å². The first-order valence-corrected chi connectivity index (χ1v) is 9.38. The summed E-state index contributed by atoms with van der Waals surface area (Å²) in [5.41, 5.74) is 6.48. The van der Waals surface area contributed by atoms with E-state index in [0.29, 0.717) is 36.5 Å². The van der Waals surface area contributed by atoms with Crippen LogP contribution in [0.2, 0.25) is 0 Å². The van der Waals surface area contributed by atoms with Crippen molar-refractivity contribution in [3.05, 3.63) is 12.7 Å². The van der Waals surface area contributed by atoms with E-state index >= 15 is 0 Å². The number of anilines is 1. The number of nitrogens with one attached hydrogen (secondary N) is 1. The highest BCUT2D eigenvalue weighted by Crippen LogP contribution is 2.30. The number of alkyl carbamates (subject to hydrolysis) is 1. The number of carbonyl (C=O) groups excluding carboxylic acids is 2. The van der Waals surface area contributed by atoms with E-state index in [1.165, 1.54) is 13.4 Å². The quantitative estimate of drug-likeness (QED) is 0.689. The van der Waals surface area contributed by atoms with E-state index in [-0.39, 0.29) is 24.6 Å². The van der Waals surface area contributed by atoms with Gasteiger partial charge in [0.2, 0.25) is 0 Å². The van der Waals surface area contributed by atoms with Crippen molar-refractivity contribution in [2.24, 2.45) is 0 Å². The Morgan fingerprint density at radius 2 is 2.07 bits per heavy atom. The average molecular weight is 405 g/mol. The fourth-order valence-corrected chi connectivity index (χ4v) is 3.45. The van der Waals surface area contributed by atoms with Gasteiger partial charge >= 0.3 is 12.1 Å². The van der Waals surface area contributed by atoms with Crippen LogP contribution in [0.3, 0.4) is 0 Å². The number of likely N-dealkylation sites (tertiary alicyclic amines) is 1. The van der Waals surface area contributed by atoms with Crippen LogP contribution in [-0.4, -0.2) is 74.9 Å². The van der Waals surface area contributed by atoms with E-state index < -0.39 is 11.7 Å². The lowest BCUT2D eigenvalue weighted by Crippen LogP contribution is -2.43. The van der Waals surface area contributed by atoms with Crippen LogP contribution in [-0.2, 0) is 14.3 Å². The molecule has 0 saturated carbocycles. The van der Waals surface area contributed by atoms with E-state index in [4.69, 9.17) is 15.2 Å². The summed E-state index contributed by atoms with van der Waals surface area (Å²) in [7, 11) is 1.35. The number of carbonyl (C=O) groups is 2. The van der Waals surface area contributed by atoms with Gasteiger partial charge in [-0.3, -0.25) is 9.69 Å². The van der Waals surface area contributed by atoms with Gasteiger partial charge in [-0.15, -0.1) is 0 Å². The maximum absolute atomic E-state index is 12.0. The number of nitrogens with two attached hydrogens (primary N) is 1. The minimum atomic E-state index is -0.580. The Hall–Kier alpha value is -2.95. The first kappa shape index (κ1) is 20.8. The maximum atomic E-state index is 12.0. The molecule has 1 aliphatic heterocycles. The van der Waals surface area contributed by atoms with E-state index in [9.17, 15) is 9.59 Å². The summed E-state index contributed by atoms with van der Waals surface area (Å²) in [4.78, 5) is 38.4. The van der Waals surface area contributed by atoms with Crippen molar-refractivity contribution in [1.29, 1.82) is 0 Å². The number of rotatable bonds is 5. The molecule has 1 saturated heterocycles. The van der Waals surface area contributed by atoms with Gasteiger partial charge in [-0.05, 0) is 27.2 Å². The minimum absolute atomic E-state index is 0.00407. The smallest absolute Gasteiger partial charge is 0.407 e. The summed E-state index contributed by atoms with van der Waals surface area (Å²) in [5.74, 6) is -0.0173. The summed E-state index contributed by atoms with van der Waals surface area (Å²) in [6.07, 6.45) is 3.27. The third-order valence-corrected chi connectivity index (χ3v) is 4.73. The summed E-state index contributed by atoms with van der Waals surface area (Å²) >= 11 is 0. The third-order valence-electron chi connectivity index (χ3n) is 4.73. The van der Waals surface area contributed by atoms with Gasteiger partial charge < -0.3 is 25.1 Å². The van der Waals surface area contributed by atoms with Gasteiger partial charge in [0.05, 0.1) is 26.0 Å². The standard InChI is InChI=1S/C18H27N7O4/c1-18(2,3)29-17(27)20-6-11-5-12(7-24(11)8-13(26)28-4)25-10-23-14-15(19)21-9-22-16(14)25/h9-12H,5-8H2,1-4H3,(H,20,27)(H2,19,21,22)/t11-,12-/m1/s1. The van der Waals surface area contributed by atoms with E-state index in [2.05, 4.69) is 20.3 Å². The molecule has 3 heterocycles. The predicted octanol–water partition coefficient (Wildman–Crippen LogP) is 0.722.